The van der Waals surface area contributed by atoms with Crippen LogP contribution in [0, 0.1) is 11.8 Å². The Morgan fingerprint density at radius 2 is 1.22 bits per heavy atom. The van der Waals surface area contributed by atoms with E-state index in [0.29, 0.717) is 0 Å². The Hall–Kier alpha value is -3.99. The number of aliphatic imine (C=N–C) groups is 1. The van der Waals surface area contributed by atoms with Crippen molar-refractivity contribution in [2.75, 3.05) is 39.3 Å². The summed E-state index contributed by atoms with van der Waals surface area (Å²) in [5.41, 5.74) is 17.2. The zero-order valence-corrected chi connectivity index (χ0v) is 24.1. The maximum absolute atomic E-state index is 12.5. The number of hydrogen-bond acceptors (Lipinski definition) is 9. The zero-order valence-electron chi connectivity index (χ0n) is 24.1. The van der Waals surface area contributed by atoms with Crippen molar-refractivity contribution in [3.8, 4) is 0 Å². The van der Waals surface area contributed by atoms with E-state index >= 15 is 0 Å². The van der Waals surface area contributed by atoms with Gasteiger partial charge >= 0.3 is 5.97 Å². The standard InChI is InChI=1S/C24H46N10O7/c1-13(2)19(25)22(40)32-11-16(35)28-7-9-30-24(27)31-10-8-29-21(39)15(5-6-18(37)38)34-17(36)12-33-23(41)20(26)14(3)4/h13-15,19-20H,5-12,25-26H2,1-4H3,(H,28,35)(H,29,39)(H,32,40)(H,33,41)(H,34,36)(H,37,38)(H3,27,30,31)/t15-,19-,20-/m0/s1. The van der Waals surface area contributed by atoms with Crippen LogP contribution in [0.3, 0.4) is 0 Å². The summed E-state index contributed by atoms with van der Waals surface area (Å²) >= 11 is 0. The van der Waals surface area contributed by atoms with Gasteiger partial charge in [-0.25, -0.2) is 0 Å². The minimum absolute atomic E-state index is 0.0517. The number of nitrogens with one attached hydrogen (secondary N) is 6. The minimum Gasteiger partial charge on any atom is -0.481 e. The number of amides is 5. The molecule has 0 aliphatic heterocycles. The molecule has 5 amide bonds. The van der Waals surface area contributed by atoms with Gasteiger partial charge in [-0.2, -0.15) is 0 Å². The maximum atomic E-state index is 12.5. The average molecular weight is 587 g/mol. The summed E-state index contributed by atoms with van der Waals surface area (Å²) in [7, 11) is 0. The van der Waals surface area contributed by atoms with E-state index in [1.807, 2.05) is 0 Å². The fourth-order valence-corrected chi connectivity index (χ4v) is 2.95. The van der Waals surface area contributed by atoms with Gasteiger partial charge in [-0.1, -0.05) is 27.7 Å². The number of nitrogens with two attached hydrogens (primary N) is 3. The average Bonchev–Trinajstić information content (AvgIpc) is 2.91. The largest absolute Gasteiger partial charge is 0.481 e. The van der Waals surface area contributed by atoms with Gasteiger partial charge < -0.3 is 54.2 Å². The molecule has 0 unspecified atom stereocenters. The number of rotatable bonds is 19. The van der Waals surface area contributed by atoms with Crippen molar-refractivity contribution < 1.29 is 33.9 Å². The molecule has 13 N–H and O–H groups in total. The lowest BCUT2D eigenvalue weighted by Crippen LogP contribution is -2.52. The summed E-state index contributed by atoms with van der Waals surface area (Å²) in [5, 5.41) is 24.1. The molecule has 0 aromatic heterocycles. The number of aliphatic carboxylic acids is 1. The van der Waals surface area contributed by atoms with Crippen LogP contribution in [-0.4, -0.2) is 104 Å². The first kappa shape index (κ1) is 37.0. The molecule has 0 spiro atoms. The van der Waals surface area contributed by atoms with Crippen LogP contribution in [-0.2, 0) is 28.8 Å². The van der Waals surface area contributed by atoms with Crippen LogP contribution in [0.5, 0.6) is 0 Å². The summed E-state index contributed by atoms with van der Waals surface area (Å²) in [6.07, 6.45) is -0.529. The predicted octanol–water partition coefficient (Wildman–Crippen LogP) is -4.33. The predicted molar refractivity (Wildman–Crippen MR) is 151 cm³/mol. The van der Waals surface area contributed by atoms with Crippen LogP contribution in [0.15, 0.2) is 4.99 Å². The topological polar surface area (TPSA) is 285 Å². The van der Waals surface area contributed by atoms with Crippen LogP contribution < -0.4 is 49.1 Å². The number of carboxylic acid groups (broad SMARTS) is 1. The molecule has 0 aromatic rings. The van der Waals surface area contributed by atoms with E-state index in [1.54, 1.807) is 27.7 Å². The Kier molecular flexibility index (Phi) is 18.0. The molecule has 0 aliphatic rings. The van der Waals surface area contributed by atoms with Gasteiger partial charge in [0.15, 0.2) is 5.96 Å². The molecule has 0 saturated carbocycles. The van der Waals surface area contributed by atoms with Crippen molar-refractivity contribution in [1.82, 2.24) is 31.9 Å². The Morgan fingerprint density at radius 3 is 1.73 bits per heavy atom. The summed E-state index contributed by atoms with van der Waals surface area (Å²) < 4.78 is 0. The highest BCUT2D eigenvalue weighted by Gasteiger charge is 2.23. The molecule has 0 bridgehead atoms. The van der Waals surface area contributed by atoms with Crippen LogP contribution >= 0.6 is 0 Å². The second-order valence-corrected chi connectivity index (χ2v) is 9.86. The number of carbonyl (C=O) groups excluding carboxylic acids is 5. The molecule has 3 atom stereocenters. The lowest BCUT2D eigenvalue weighted by Gasteiger charge is -2.19. The van der Waals surface area contributed by atoms with Crippen molar-refractivity contribution in [2.24, 2.45) is 34.0 Å². The van der Waals surface area contributed by atoms with Crippen molar-refractivity contribution >= 4 is 41.5 Å². The maximum Gasteiger partial charge on any atom is 0.303 e. The van der Waals surface area contributed by atoms with Gasteiger partial charge in [0, 0.05) is 26.1 Å². The van der Waals surface area contributed by atoms with E-state index in [4.69, 9.17) is 22.3 Å². The highest BCUT2D eigenvalue weighted by atomic mass is 16.4. The van der Waals surface area contributed by atoms with E-state index in [9.17, 15) is 28.8 Å². The number of hydrogen-bond donors (Lipinski definition) is 10. The Balaban J connectivity index is 4.46. The SMILES string of the molecule is CC(C)[C@H](N)C(=O)NCC(=O)NCCN=C(N)NCCNC(=O)[C@H](CCC(=O)O)NC(=O)CNC(=O)[C@@H](N)C(C)C. The Labute approximate surface area is 239 Å². The lowest BCUT2D eigenvalue weighted by atomic mass is 10.1. The van der Waals surface area contributed by atoms with Gasteiger partial charge in [0.1, 0.15) is 6.04 Å². The molecule has 0 heterocycles. The molecule has 0 aromatic carbocycles. The van der Waals surface area contributed by atoms with Gasteiger partial charge in [-0.3, -0.25) is 33.8 Å². The molecule has 0 saturated heterocycles. The first-order chi connectivity index (χ1) is 19.1. The Bertz CT molecular complexity index is 926. The van der Waals surface area contributed by atoms with Crippen molar-refractivity contribution in [3.63, 3.8) is 0 Å². The van der Waals surface area contributed by atoms with Gasteiger partial charge in [-0.15, -0.1) is 0 Å². The Morgan fingerprint density at radius 1 is 0.707 bits per heavy atom. The first-order valence-electron chi connectivity index (χ1n) is 13.3. The van der Waals surface area contributed by atoms with Gasteiger partial charge in [-0.05, 0) is 18.3 Å². The first-order valence-corrected chi connectivity index (χ1v) is 13.3. The molecular formula is C24H46N10O7. The summed E-state index contributed by atoms with van der Waals surface area (Å²) in [4.78, 5) is 75.2. The molecule has 0 rings (SSSR count). The second kappa shape index (κ2) is 20.0. The smallest absolute Gasteiger partial charge is 0.303 e. The molecule has 17 heteroatoms. The number of carboxylic acids is 1. The number of guanidine groups is 1. The van der Waals surface area contributed by atoms with Crippen LogP contribution in [0.2, 0.25) is 0 Å². The summed E-state index contributed by atoms with van der Waals surface area (Å²) in [6, 6.07) is -2.65. The molecular weight excluding hydrogens is 540 g/mol. The summed E-state index contributed by atoms with van der Waals surface area (Å²) in [5.74, 6) is -3.94. The quantitative estimate of drug-likeness (QED) is 0.0392. The van der Waals surface area contributed by atoms with E-state index in [-0.39, 0.29) is 63.4 Å². The van der Waals surface area contributed by atoms with E-state index in [1.165, 1.54) is 0 Å². The normalized spacial score (nSPS) is 13.5. The molecule has 17 nitrogen and oxygen atoms in total. The fraction of sp³-hybridized carbons (Fsp3) is 0.708. The van der Waals surface area contributed by atoms with Crippen molar-refractivity contribution in [3.05, 3.63) is 0 Å². The van der Waals surface area contributed by atoms with Crippen molar-refractivity contribution in [1.29, 1.82) is 0 Å². The molecule has 0 fully saturated rings. The molecule has 0 aliphatic carbocycles. The van der Waals surface area contributed by atoms with Crippen LogP contribution in [0.4, 0.5) is 0 Å². The van der Waals surface area contributed by atoms with Gasteiger partial charge in [0.05, 0.1) is 31.7 Å². The van der Waals surface area contributed by atoms with Crippen LogP contribution in [0.1, 0.15) is 40.5 Å². The van der Waals surface area contributed by atoms with E-state index < -0.39 is 60.2 Å². The third-order valence-corrected chi connectivity index (χ3v) is 5.63. The third-order valence-electron chi connectivity index (χ3n) is 5.63. The van der Waals surface area contributed by atoms with E-state index in [2.05, 4.69) is 36.9 Å². The van der Waals surface area contributed by atoms with Crippen molar-refractivity contribution in [2.45, 2.75) is 58.7 Å². The number of nitrogens with zero attached hydrogens (tertiary/aromatic N) is 1. The fourth-order valence-electron chi connectivity index (χ4n) is 2.95. The minimum atomic E-state index is -1.14. The summed E-state index contributed by atoms with van der Waals surface area (Å²) in [6.45, 7) is 7.01. The van der Waals surface area contributed by atoms with Crippen LogP contribution in [0.25, 0.3) is 0 Å². The number of carbonyl (C=O) groups is 6. The lowest BCUT2D eigenvalue weighted by molar-refractivity contribution is -0.138. The second-order valence-electron chi connectivity index (χ2n) is 9.86. The zero-order chi connectivity index (χ0) is 31.5. The highest BCUT2D eigenvalue weighted by Crippen LogP contribution is 2.00. The highest BCUT2D eigenvalue weighted by molar-refractivity contribution is 5.91. The van der Waals surface area contributed by atoms with E-state index in [0.717, 1.165) is 0 Å². The van der Waals surface area contributed by atoms with Gasteiger partial charge in [0.25, 0.3) is 0 Å². The molecule has 234 valence electrons. The molecule has 0 radical (unpaired) electrons. The monoisotopic (exact) mass is 586 g/mol. The van der Waals surface area contributed by atoms with Gasteiger partial charge in [0.2, 0.25) is 29.5 Å². The third kappa shape index (κ3) is 17.3. The molecule has 41 heavy (non-hydrogen) atoms.